The fraction of sp³-hybridized carbons (Fsp3) is 0.163. The number of para-hydroxylation sites is 3. The number of nitrogens with one attached hydrogen (secondary N) is 3. The van der Waals surface area contributed by atoms with E-state index in [-0.39, 0.29) is 87.2 Å². The average molecular weight is 1660 g/mol. The second-order valence-corrected chi connectivity index (χ2v) is 30.9. The standard InChI is InChI=1S/C31H26ClFN2O4S.C31H27FN2O4S.C30H25FN2O5S/c1-18(30-31(37)34-19(2)40-30)21-11-14-26(24(32)17-21)38-15-6-16-39-29-27(20-9-12-22(33)13-10-20)35(3)25-8-5-4-7-23(25)28(29)36;1-19(30-31(36)33-20(2)39-30)21-11-15-24(16-12-21)37-17-6-18-38-29-27(22-9-13-23(32)14-10-22)34(3)26-8-5-4-7-25(26)28(29)35;1-18(28-29(35)32-30(36)39-28)20-7-5-8-22(17-20)37-15-6-16-38-27-25(19-11-13-21(31)14-12-19)33(2)24-10-4-3-9-23(24)26(27)34/h4-5,7-14,17H,2,6,15-16H2,1,3H3,(H,34,37);4-5,7-16H,2,6,17-18H2,1,3H3,(H,33,36);3-5,7-14,17H,6,15-16H2,1-2H3,(H,32,35,36)/b30-18+;30-19+;28-18+. The first-order valence-electron chi connectivity index (χ1n) is 37.3. The molecule has 6 heterocycles. The molecule has 0 aliphatic carbocycles. The van der Waals surface area contributed by atoms with Gasteiger partial charge < -0.3 is 52.1 Å². The number of thioether (sulfide) groups is 1. The highest BCUT2D eigenvalue weighted by molar-refractivity contribution is 8.18. The van der Waals surface area contributed by atoms with Crippen LogP contribution in [-0.4, -0.2) is 74.5 Å². The van der Waals surface area contributed by atoms with Crippen molar-refractivity contribution in [2.75, 3.05) is 39.6 Å². The molecule has 118 heavy (non-hydrogen) atoms. The van der Waals surface area contributed by atoms with Crippen molar-refractivity contribution >= 4 is 120 Å². The number of fused-ring (bicyclic) bond motifs is 3. The number of aryl methyl sites for hydroxylation is 3. The first kappa shape index (κ1) is 83.0. The smallest absolute Gasteiger partial charge is 0.290 e. The SMILES string of the molecule is C/C(=C1\SC(=O)NC1=O)c1cccc(OCCCOc2c(-c3ccc(F)cc3)n(C)c3ccccc3c2=O)c1.C=c1[nH]c(=O)/c(=C(/C)c2ccc(OCCCOc3c(-c4ccc(F)cc4)n(C)c4ccccc4c3=O)c(Cl)c2)s1.C=c1[nH]c(=O)/c(=C(/C)c2ccc(OCCCOc3c(-c4ccc(F)cc4)n(C)c4ccccc4c3=O)cc2)s1. The molecule has 9 aromatic carbocycles. The summed E-state index contributed by atoms with van der Waals surface area (Å²) in [6.07, 6.45) is 1.53. The number of amides is 2. The lowest BCUT2D eigenvalue weighted by molar-refractivity contribution is -0.115. The number of ether oxygens (including phenoxy) is 6. The number of thiazole rings is 2. The summed E-state index contributed by atoms with van der Waals surface area (Å²) in [5, 5.41) is 3.94. The van der Waals surface area contributed by atoms with Gasteiger partial charge in [0.05, 0.1) is 102 Å². The molecular weight excluding hydrogens is 1590 g/mol. The van der Waals surface area contributed by atoms with Crippen molar-refractivity contribution in [1.29, 1.82) is 0 Å². The van der Waals surface area contributed by atoms with Crippen molar-refractivity contribution in [1.82, 2.24) is 29.0 Å². The highest BCUT2D eigenvalue weighted by Gasteiger charge is 2.28. The summed E-state index contributed by atoms with van der Waals surface area (Å²) in [5.41, 5.74) is 9.97. The predicted molar refractivity (Wildman–Crippen MR) is 464 cm³/mol. The van der Waals surface area contributed by atoms with Crippen LogP contribution >= 0.6 is 46.0 Å². The van der Waals surface area contributed by atoms with Crippen molar-refractivity contribution in [2.24, 2.45) is 21.1 Å². The molecule has 0 atom stereocenters. The Morgan fingerprint density at radius 2 is 0.780 bits per heavy atom. The maximum absolute atomic E-state index is 13.6. The van der Waals surface area contributed by atoms with E-state index in [0.717, 1.165) is 56.1 Å². The molecule has 26 heteroatoms. The third-order valence-electron chi connectivity index (χ3n) is 19.5. The van der Waals surface area contributed by atoms with Crippen molar-refractivity contribution in [3.05, 3.63) is 326 Å². The summed E-state index contributed by atoms with van der Waals surface area (Å²) in [4.78, 5) is 93.6. The van der Waals surface area contributed by atoms with Gasteiger partial charge in [-0.05, 0) is 212 Å². The molecule has 1 aliphatic rings. The van der Waals surface area contributed by atoms with Gasteiger partial charge in [-0.1, -0.05) is 91.5 Å². The van der Waals surface area contributed by atoms with E-state index in [1.165, 1.54) is 59.1 Å². The minimum Gasteiger partial charge on any atom is -0.493 e. The van der Waals surface area contributed by atoms with E-state index >= 15 is 0 Å². The second-order valence-electron chi connectivity index (χ2n) is 27.3. The summed E-state index contributed by atoms with van der Waals surface area (Å²) in [6, 6.07) is 60.1. The highest BCUT2D eigenvalue weighted by Crippen LogP contribution is 2.37. The molecule has 1 fully saturated rings. The molecule has 0 saturated carbocycles. The zero-order valence-corrected chi connectivity index (χ0v) is 68.1. The van der Waals surface area contributed by atoms with Crippen LogP contribution in [0.1, 0.15) is 56.7 Å². The number of carbonyl (C=O) groups excluding carboxylic acids is 2. The Bertz CT molecular complexity index is 6780. The number of aromatic nitrogens is 5. The van der Waals surface area contributed by atoms with E-state index in [2.05, 4.69) is 28.4 Å². The van der Waals surface area contributed by atoms with Crippen LogP contribution in [0.25, 0.3) is 96.4 Å². The summed E-state index contributed by atoms with van der Waals surface area (Å²) < 4.78 is 84.7. The largest absolute Gasteiger partial charge is 0.493 e. The van der Waals surface area contributed by atoms with E-state index in [0.29, 0.717) is 140 Å². The Hall–Kier alpha value is -12.9. The normalized spacial score (nSPS) is 12.8. The zero-order chi connectivity index (χ0) is 83.4. The molecule has 1 aliphatic heterocycles. The summed E-state index contributed by atoms with van der Waals surface area (Å²) in [6.45, 7) is 14.9. The minimum atomic E-state index is -0.397. The van der Waals surface area contributed by atoms with Gasteiger partial charge in [0, 0.05) is 73.3 Å². The number of carbonyl (C=O) groups is 2. The Labute approximate surface area is 690 Å². The van der Waals surface area contributed by atoms with E-state index in [1.807, 2.05) is 146 Å². The zero-order valence-electron chi connectivity index (χ0n) is 64.9. The molecular formula is C92H78ClF3N6O13S3. The molecule has 0 spiro atoms. The quantitative estimate of drug-likeness (QED) is 0.0377. The molecule has 14 aromatic rings. The molecule has 1 saturated heterocycles. The van der Waals surface area contributed by atoms with E-state index in [9.17, 15) is 46.7 Å². The topological polar surface area (TPSA) is 233 Å². The molecule has 0 unspecified atom stereocenters. The van der Waals surface area contributed by atoms with Crippen LogP contribution in [0.2, 0.25) is 5.02 Å². The van der Waals surface area contributed by atoms with E-state index < -0.39 is 5.91 Å². The van der Waals surface area contributed by atoms with Gasteiger partial charge in [-0.15, -0.1) is 22.7 Å². The average Bonchev–Trinajstić information content (AvgIpc) is 1.01. The number of nitrogens with zero attached hydrogens (tertiary/aromatic N) is 3. The molecule has 15 rings (SSSR count). The van der Waals surface area contributed by atoms with Gasteiger partial charge in [0.15, 0.2) is 17.2 Å². The Balaban J connectivity index is 0.000000153. The van der Waals surface area contributed by atoms with Crippen molar-refractivity contribution in [2.45, 2.75) is 40.0 Å². The van der Waals surface area contributed by atoms with Crippen LogP contribution < -0.4 is 79.5 Å². The molecule has 5 aromatic heterocycles. The minimum absolute atomic E-state index is 0.133. The Morgan fingerprint density at radius 3 is 1.17 bits per heavy atom. The number of H-pyrrole nitrogens is 2. The van der Waals surface area contributed by atoms with Crippen molar-refractivity contribution in [3.63, 3.8) is 0 Å². The van der Waals surface area contributed by atoms with Crippen LogP contribution in [0.4, 0.5) is 18.0 Å². The second kappa shape index (κ2) is 37.3. The monoisotopic (exact) mass is 1660 g/mol. The number of aromatic amines is 2. The first-order valence-corrected chi connectivity index (χ1v) is 40.2. The van der Waals surface area contributed by atoms with Crippen LogP contribution in [0.15, 0.2) is 241 Å². The van der Waals surface area contributed by atoms with Crippen LogP contribution in [0.3, 0.4) is 0 Å². The summed E-state index contributed by atoms with van der Waals surface area (Å²) in [5.74, 6) is 0.971. The molecule has 3 N–H and O–H groups in total. The van der Waals surface area contributed by atoms with Gasteiger partial charge in [-0.2, -0.15) is 0 Å². The Kier molecular flexibility index (Phi) is 26.3. The lowest BCUT2D eigenvalue weighted by atomic mass is 10.1. The molecule has 0 bridgehead atoms. The third-order valence-corrected chi connectivity index (χ3v) is 22.8. The van der Waals surface area contributed by atoms with Crippen LogP contribution in [-0.2, 0) is 25.9 Å². The van der Waals surface area contributed by atoms with E-state index in [1.54, 1.807) is 85.8 Å². The Morgan fingerprint density at radius 1 is 0.407 bits per heavy atom. The fourth-order valence-electron chi connectivity index (χ4n) is 13.5. The van der Waals surface area contributed by atoms with E-state index in [4.69, 9.17) is 40.0 Å². The van der Waals surface area contributed by atoms with Gasteiger partial charge >= 0.3 is 0 Å². The van der Waals surface area contributed by atoms with Gasteiger partial charge in [-0.3, -0.25) is 38.9 Å². The number of halogens is 4. The number of rotatable bonds is 24. The number of benzene rings is 9. The van der Waals surface area contributed by atoms with Gasteiger partial charge in [0.25, 0.3) is 22.3 Å². The molecule has 0 radical (unpaired) electrons. The number of hydrogen-bond acceptors (Lipinski definition) is 16. The highest BCUT2D eigenvalue weighted by atomic mass is 35.5. The fourth-order valence-corrected chi connectivity index (χ4v) is 16.1. The number of pyridine rings is 3. The maximum Gasteiger partial charge on any atom is 0.290 e. The van der Waals surface area contributed by atoms with Gasteiger partial charge in [-0.25, -0.2) is 13.2 Å². The lowest BCUT2D eigenvalue weighted by Crippen LogP contribution is -2.22. The molecule has 600 valence electrons. The number of imide groups is 1. The number of allylic oxidation sites excluding steroid dienone is 1. The maximum atomic E-state index is 13.6. The molecule has 2 amide bonds. The summed E-state index contributed by atoms with van der Waals surface area (Å²) in [7, 11) is 5.57. The summed E-state index contributed by atoms with van der Waals surface area (Å²) >= 11 is 10.00. The van der Waals surface area contributed by atoms with Crippen LogP contribution in [0.5, 0.6) is 34.5 Å². The van der Waals surface area contributed by atoms with Crippen molar-refractivity contribution < 1.29 is 51.2 Å². The lowest BCUT2D eigenvalue weighted by Gasteiger charge is -2.18. The van der Waals surface area contributed by atoms with Crippen molar-refractivity contribution in [3.8, 4) is 68.3 Å². The predicted octanol–water partition coefficient (Wildman–Crippen LogP) is 15.7. The molecule has 19 nitrogen and oxygen atoms in total. The van der Waals surface area contributed by atoms with Crippen LogP contribution in [0, 0.1) is 17.5 Å². The van der Waals surface area contributed by atoms with Gasteiger partial charge in [0.1, 0.15) is 34.7 Å². The van der Waals surface area contributed by atoms with Gasteiger partial charge in [0.2, 0.25) is 16.3 Å². The third kappa shape index (κ3) is 18.8. The first-order chi connectivity index (χ1) is 56.9. The number of hydrogen-bond donors (Lipinski definition) is 3.